The molecule has 0 spiro atoms. The Balaban J connectivity index is 2.08. The average molecular weight is 279 g/mol. The molecule has 1 nitrogen and oxygen atoms in total. The molecule has 1 aliphatic carbocycles. The molecule has 0 bridgehead atoms. The summed E-state index contributed by atoms with van der Waals surface area (Å²) in [6.07, 6.45) is 9.44. The molecule has 1 N–H and O–H groups in total. The van der Waals surface area contributed by atoms with Gasteiger partial charge in [0.1, 0.15) is 0 Å². The molecule has 1 unspecified atom stereocenters. The molecular formula is C17H29NS. The molecule has 1 aliphatic rings. The summed E-state index contributed by atoms with van der Waals surface area (Å²) in [6.45, 7) is 7.95. The second-order valence-corrected chi connectivity index (χ2v) is 7.41. The molecule has 1 aromatic rings. The highest BCUT2D eigenvalue weighted by Gasteiger charge is 2.18. The first-order chi connectivity index (χ1) is 9.20. The first-order valence-electron chi connectivity index (χ1n) is 8.05. The smallest absolute Gasteiger partial charge is 0.0415 e. The van der Waals surface area contributed by atoms with Gasteiger partial charge in [0.05, 0.1) is 0 Å². The zero-order valence-corrected chi connectivity index (χ0v) is 13.6. The highest BCUT2D eigenvalue weighted by Crippen LogP contribution is 2.34. The highest BCUT2D eigenvalue weighted by atomic mass is 32.1. The zero-order chi connectivity index (χ0) is 13.7. The van der Waals surface area contributed by atoms with Crippen molar-refractivity contribution < 1.29 is 0 Å². The minimum atomic E-state index is 0.587. The van der Waals surface area contributed by atoms with Gasteiger partial charge in [-0.05, 0) is 62.6 Å². The van der Waals surface area contributed by atoms with E-state index in [4.69, 9.17) is 0 Å². The largest absolute Gasteiger partial charge is 0.310 e. The number of nitrogens with one attached hydrogen (secondary N) is 1. The predicted octanol–water partition coefficient (Wildman–Crippen LogP) is 5.10. The minimum absolute atomic E-state index is 0.587. The Bertz CT molecular complexity index is 357. The number of hydrogen-bond acceptors (Lipinski definition) is 2. The van der Waals surface area contributed by atoms with Gasteiger partial charge in [-0.25, -0.2) is 0 Å². The summed E-state index contributed by atoms with van der Waals surface area (Å²) in [5.74, 6) is 0.805. The lowest BCUT2D eigenvalue weighted by atomic mass is 10.0. The molecule has 2 rings (SSSR count). The summed E-state index contributed by atoms with van der Waals surface area (Å²) in [5, 5.41) is 3.69. The summed E-state index contributed by atoms with van der Waals surface area (Å²) < 4.78 is 0. The van der Waals surface area contributed by atoms with Crippen LogP contribution in [0.15, 0.2) is 6.07 Å². The van der Waals surface area contributed by atoms with Crippen molar-refractivity contribution in [1.82, 2.24) is 5.32 Å². The fourth-order valence-electron chi connectivity index (χ4n) is 2.95. The van der Waals surface area contributed by atoms with E-state index in [0.717, 1.165) is 12.5 Å². The second kappa shape index (κ2) is 7.44. The van der Waals surface area contributed by atoms with Crippen molar-refractivity contribution in [2.45, 2.75) is 71.8 Å². The van der Waals surface area contributed by atoms with Crippen molar-refractivity contribution in [1.29, 1.82) is 0 Å². The van der Waals surface area contributed by atoms with E-state index in [0.29, 0.717) is 6.04 Å². The summed E-state index contributed by atoms with van der Waals surface area (Å²) in [4.78, 5) is 3.27. The van der Waals surface area contributed by atoms with Crippen molar-refractivity contribution in [2.75, 3.05) is 6.54 Å². The van der Waals surface area contributed by atoms with Crippen LogP contribution in [0.3, 0.4) is 0 Å². The van der Waals surface area contributed by atoms with Crippen LogP contribution in [0.25, 0.3) is 0 Å². The number of aryl methyl sites for hydroxylation is 2. The van der Waals surface area contributed by atoms with Gasteiger partial charge in [0.15, 0.2) is 0 Å². The molecule has 1 atom stereocenters. The molecule has 0 aromatic carbocycles. The lowest BCUT2D eigenvalue weighted by Crippen LogP contribution is -2.20. The molecule has 19 heavy (non-hydrogen) atoms. The molecule has 0 saturated heterocycles. The fraction of sp³-hybridized carbons (Fsp3) is 0.765. The maximum atomic E-state index is 3.69. The third-order valence-corrected chi connectivity index (χ3v) is 5.44. The van der Waals surface area contributed by atoms with Crippen LogP contribution >= 0.6 is 11.3 Å². The molecular weight excluding hydrogens is 250 g/mol. The number of rotatable bonds is 6. The number of fused-ring (bicyclic) bond motifs is 1. The van der Waals surface area contributed by atoms with Crippen LogP contribution in [-0.4, -0.2) is 6.54 Å². The molecule has 108 valence electrons. The van der Waals surface area contributed by atoms with E-state index in [1.807, 2.05) is 0 Å². The summed E-state index contributed by atoms with van der Waals surface area (Å²) in [6, 6.07) is 3.10. The Kier molecular flexibility index (Phi) is 5.90. The zero-order valence-electron chi connectivity index (χ0n) is 12.8. The van der Waals surface area contributed by atoms with Crippen molar-refractivity contribution in [3.8, 4) is 0 Å². The van der Waals surface area contributed by atoms with E-state index < -0.39 is 0 Å². The standard InChI is InChI=1S/C17H29NS/c1-4-18-15(11-10-13(2)3)17-12-14-8-6-5-7-9-16(14)19-17/h12-13,15,18H,4-11H2,1-3H3. The van der Waals surface area contributed by atoms with Crippen LogP contribution < -0.4 is 5.32 Å². The van der Waals surface area contributed by atoms with E-state index in [2.05, 4.69) is 43.5 Å². The molecule has 0 amide bonds. The van der Waals surface area contributed by atoms with E-state index in [-0.39, 0.29) is 0 Å². The fourth-order valence-corrected chi connectivity index (χ4v) is 4.32. The molecule has 0 saturated carbocycles. The van der Waals surface area contributed by atoms with Crippen molar-refractivity contribution in [2.24, 2.45) is 5.92 Å². The van der Waals surface area contributed by atoms with Gasteiger partial charge in [0, 0.05) is 15.8 Å². The first-order valence-corrected chi connectivity index (χ1v) is 8.87. The van der Waals surface area contributed by atoms with Gasteiger partial charge >= 0.3 is 0 Å². The maximum absolute atomic E-state index is 3.69. The Labute approximate surface area is 122 Å². The van der Waals surface area contributed by atoms with Crippen LogP contribution in [0.2, 0.25) is 0 Å². The lowest BCUT2D eigenvalue weighted by Gasteiger charge is -2.17. The molecule has 1 aromatic heterocycles. The highest BCUT2D eigenvalue weighted by molar-refractivity contribution is 7.12. The van der Waals surface area contributed by atoms with Gasteiger partial charge < -0.3 is 5.32 Å². The molecule has 0 fully saturated rings. The molecule has 0 aliphatic heterocycles. The van der Waals surface area contributed by atoms with Gasteiger partial charge in [0.2, 0.25) is 0 Å². The maximum Gasteiger partial charge on any atom is 0.0415 e. The van der Waals surface area contributed by atoms with Gasteiger partial charge in [-0.1, -0.05) is 27.2 Å². The summed E-state index contributed by atoms with van der Waals surface area (Å²) in [7, 11) is 0. The predicted molar refractivity (Wildman–Crippen MR) is 86.1 cm³/mol. The minimum Gasteiger partial charge on any atom is -0.310 e. The lowest BCUT2D eigenvalue weighted by molar-refractivity contribution is 0.453. The van der Waals surface area contributed by atoms with Crippen LogP contribution in [0, 0.1) is 5.92 Å². The number of thiophene rings is 1. The molecule has 0 radical (unpaired) electrons. The Morgan fingerprint density at radius 3 is 2.68 bits per heavy atom. The third-order valence-electron chi connectivity index (χ3n) is 4.09. The van der Waals surface area contributed by atoms with Gasteiger partial charge in [0.25, 0.3) is 0 Å². The molecule has 1 heterocycles. The summed E-state index contributed by atoms with van der Waals surface area (Å²) >= 11 is 2.09. The third kappa shape index (κ3) is 4.32. The monoisotopic (exact) mass is 279 g/mol. The van der Waals surface area contributed by atoms with Crippen LogP contribution in [0.5, 0.6) is 0 Å². The Morgan fingerprint density at radius 1 is 1.16 bits per heavy atom. The van der Waals surface area contributed by atoms with Crippen molar-refractivity contribution in [3.63, 3.8) is 0 Å². The molecule has 2 heteroatoms. The van der Waals surface area contributed by atoms with Gasteiger partial charge in [-0.2, -0.15) is 0 Å². The number of hydrogen-bond donors (Lipinski definition) is 1. The van der Waals surface area contributed by atoms with Gasteiger partial charge in [-0.3, -0.25) is 0 Å². The van der Waals surface area contributed by atoms with E-state index in [9.17, 15) is 0 Å². The SMILES string of the molecule is CCNC(CCC(C)C)c1cc2c(s1)CCCCC2. The van der Waals surface area contributed by atoms with Crippen LogP contribution in [-0.2, 0) is 12.8 Å². The van der Waals surface area contributed by atoms with Crippen molar-refractivity contribution in [3.05, 3.63) is 21.4 Å². The van der Waals surface area contributed by atoms with Crippen LogP contribution in [0.1, 0.15) is 74.2 Å². The summed E-state index contributed by atoms with van der Waals surface area (Å²) in [5.41, 5.74) is 1.66. The van der Waals surface area contributed by atoms with Gasteiger partial charge in [-0.15, -0.1) is 11.3 Å². The van der Waals surface area contributed by atoms with Crippen molar-refractivity contribution >= 4 is 11.3 Å². The normalized spacial score (nSPS) is 17.3. The Hall–Kier alpha value is -0.340. The van der Waals surface area contributed by atoms with E-state index >= 15 is 0 Å². The average Bonchev–Trinajstić information content (AvgIpc) is 2.65. The Morgan fingerprint density at radius 2 is 1.95 bits per heavy atom. The quantitative estimate of drug-likeness (QED) is 0.714. The van der Waals surface area contributed by atoms with E-state index in [1.165, 1.54) is 44.9 Å². The van der Waals surface area contributed by atoms with Crippen LogP contribution in [0.4, 0.5) is 0 Å². The van der Waals surface area contributed by atoms with E-state index in [1.54, 1.807) is 15.3 Å². The second-order valence-electron chi connectivity index (χ2n) is 6.24. The topological polar surface area (TPSA) is 12.0 Å². The first kappa shape index (κ1) is 15.1.